The van der Waals surface area contributed by atoms with Crippen LogP contribution in [0.1, 0.15) is 39.2 Å². The predicted molar refractivity (Wildman–Crippen MR) is 84.7 cm³/mol. The van der Waals surface area contributed by atoms with Crippen molar-refractivity contribution < 1.29 is 0 Å². The van der Waals surface area contributed by atoms with Crippen LogP contribution in [0.5, 0.6) is 0 Å². The van der Waals surface area contributed by atoms with Gasteiger partial charge in [0.1, 0.15) is 0 Å². The van der Waals surface area contributed by atoms with Gasteiger partial charge in [0.25, 0.3) is 0 Å². The number of nitrogens with one attached hydrogen (secondary N) is 1. The molecule has 0 aliphatic heterocycles. The zero-order chi connectivity index (χ0) is 14.1. The molecule has 0 fully saturated rings. The van der Waals surface area contributed by atoms with E-state index in [9.17, 15) is 0 Å². The van der Waals surface area contributed by atoms with Crippen LogP contribution in [0.25, 0.3) is 0 Å². The molecule has 108 valence electrons. The Labute approximate surface area is 119 Å². The maximum Gasteiger partial charge on any atom is 0.0107 e. The molecule has 0 spiro atoms. The lowest BCUT2D eigenvalue weighted by molar-refractivity contribution is 0.299. The molecule has 2 heteroatoms. The van der Waals surface area contributed by atoms with Gasteiger partial charge in [-0.1, -0.05) is 58.0 Å². The van der Waals surface area contributed by atoms with E-state index >= 15 is 0 Å². The van der Waals surface area contributed by atoms with E-state index in [4.69, 9.17) is 0 Å². The first-order valence-corrected chi connectivity index (χ1v) is 7.67. The number of hydrogen-bond acceptors (Lipinski definition) is 2. The fourth-order valence-electron chi connectivity index (χ4n) is 2.47. The Morgan fingerprint density at radius 2 is 1.68 bits per heavy atom. The average Bonchev–Trinajstić information content (AvgIpc) is 2.43. The Morgan fingerprint density at radius 1 is 1.05 bits per heavy atom. The molecule has 0 heterocycles. The standard InChI is InChI=1S/C17H30N2/c1-5-19(6-2)13-12-18-14-17(15(3)4)16-10-8-7-9-11-16/h7-11,15,17-18H,5-6,12-14H2,1-4H3. The first kappa shape index (κ1) is 16.2. The van der Waals surface area contributed by atoms with Gasteiger partial charge in [0.15, 0.2) is 0 Å². The van der Waals surface area contributed by atoms with Crippen LogP contribution >= 0.6 is 0 Å². The monoisotopic (exact) mass is 262 g/mol. The molecule has 0 radical (unpaired) electrons. The van der Waals surface area contributed by atoms with Gasteiger partial charge in [0.2, 0.25) is 0 Å². The number of nitrogens with zero attached hydrogens (tertiary/aromatic N) is 1. The van der Waals surface area contributed by atoms with Crippen molar-refractivity contribution in [2.24, 2.45) is 5.92 Å². The van der Waals surface area contributed by atoms with E-state index in [1.807, 2.05) is 0 Å². The van der Waals surface area contributed by atoms with Crippen molar-refractivity contribution in [3.8, 4) is 0 Å². The Kier molecular flexibility index (Phi) is 7.76. The molecule has 1 N–H and O–H groups in total. The van der Waals surface area contributed by atoms with Crippen LogP contribution in [0.15, 0.2) is 30.3 Å². The zero-order valence-corrected chi connectivity index (χ0v) is 13.0. The molecule has 0 aliphatic carbocycles. The van der Waals surface area contributed by atoms with Crippen LogP contribution in [0.3, 0.4) is 0 Å². The van der Waals surface area contributed by atoms with E-state index in [1.165, 1.54) is 5.56 Å². The van der Waals surface area contributed by atoms with Crippen molar-refractivity contribution in [2.75, 3.05) is 32.7 Å². The van der Waals surface area contributed by atoms with Crippen molar-refractivity contribution in [1.82, 2.24) is 10.2 Å². The summed E-state index contributed by atoms with van der Waals surface area (Å²) in [6, 6.07) is 10.9. The van der Waals surface area contributed by atoms with Gasteiger partial charge in [-0.25, -0.2) is 0 Å². The molecule has 0 saturated carbocycles. The fraction of sp³-hybridized carbons (Fsp3) is 0.647. The second kappa shape index (κ2) is 9.11. The Bertz CT molecular complexity index is 317. The summed E-state index contributed by atoms with van der Waals surface area (Å²) in [5.41, 5.74) is 1.45. The highest BCUT2D eigenvalue weighted by molar-refractivity contribution is 5.20. The lowest BCUT2D eigenvalue weighted by atomic mass is 9.88. The summed E-state index contributed by atoms with van der Waals surface area (Å²) in [5, 5.41) is 3.62. The number of benzene rings is 1. The van der Waals surface area contributed by atoms with Crippen LogP contribution in [0.2, 0.25) is 0 Å². The molecule has 0 aromatic heterocycles. The molecule has 1 aromatic carbocycles. The summed E-state index contributed by atoms with van der Waals surface area (Å²) in [6.07, 6.45) is 0. The highest BCUT2D eigenvalue weighted by Gasteiger charge is 2.14. The van der Waals surface area contributed by atoms with Crippen LogP contribution in [-0.4, -0.2) is 37.6 Å². The van der Waals surface area contributed by atoms with E-state index in [0.717, 1.165) is 32.7 Å². The lowest BCUT2D eigenvalue weighted by Crippen LogP contribution is -2.34. The van der Waals surface area contributed by atoms with Crippen LogP contribution in [0, 0.1) is 5.92 Å². The molecule has 1 aromatic rings. The van der Waals surface area contributed by atoms with Gasteiger partial charge in [0.05, 0.1) is 0 Å². The molecule has 19 heavy (non-hydrogen) atoms. The molecule has 1 rings (SSSR count). The van der Waals surface area contributed by atoms with Crippen LogP contribution in [0.4, 0.5) is 0 Å². The number of hydrogen-bond donors (Lipinski definition) is 1. The molecule has 0 amide bonds. The van der Waals surface area contributed by atoms with Gasteiger partial charge >= 0.3 is 0 Å². The summed E-state index contributed by atoms with van der Waals surface area (Å²) in [7, 11) is 0. The topological polar surface area (TPSA) is 15.3 Å². The van der Waals surface area contributed by atoms with E-state index in [0.29, 0.717) is 11.8 Å². The van der Waals surface area contributed by atoms with Gasteiger partial charge < -0.3 is 10.2 Å². The number of rotatable bonds is 9. The third kappa shape index (κ3) is 5.75. The first-order chi connectivity index (χ1) is 9.19. The quantitative estimate of drug-likeness (QED) is 0.687. The molecule has 0 saturated heterocycles. The average molecular weight is 262 g/mol. The van der Waals surface area contributed by atoms with Gasteiger partial charge in [-0.2, -0.15) is 0 Å². The number of likely N-dealkylation sites (N-methyl/N-ethyl adjacent to an activating group) is 1. The third-order valence-electron chi connectivity index (χ3n) is 3.90. The molecule has 2 nitrogen and oxygen atoms in total. The van der Waals surface area contributed by atoms with Crippen LogP contribution < -0.4 is 5.32 Å². The summed E-state index contributed by atoms with van der Waals surface area (Å²) in [5.74, 6) is 1.28. The molecule has 0 aliphatic rings. The van der Waals surface area contributed by atoms with Gasteiger partial charge in [-0.05, 0) is 30.5 Å². The van der Waals surface area contributed by atoms with E-state index < -0.39 is 0 Å². The fourth-order valence-corrected chi connectivity index (χ4v) is 2.47. The molecule has 1 atom stereocenters. The second-order valence-corrected chi connectivity index (χ2v) is 5.49. The normalized spacial score (nSPS) is 13.2. The first-order valence-electron chi connectivity index (χ1n) is 7.67. The molecular formula is C17H30N2. The van der Waals surface area contributed by atoms with E-state index in [1.54, 1.807) is 0 Å². The summed E-state index contributed by atoms with van der Waals surface area (Å²) < 4.78 is 0. The Balaban J connectivity index is 2.39. The van der Waals surface area contributed by atoms with E-state index in [2.05, 4.69) is 68.2 Å². The van der Waals surface area contributed by atoms with Crippen molar-refractivity contribution in [1.29, 1.82) is 0 Å². The van der Waals surface area contributed by atoms with Crippen LogP contribution in [-0.2, 0) is 0 Å². The highest BCUT2D eigenvalue weighted by atomic mass is 15.1. The second-order valence-electron chi connectivity index (χ2n) is 5.49. The molecular weight excluding hydrogens is 232 g/mol. The highest BCUT2D eigenvalue weighted by Crippen LogP contribution is 2.23. The molecule has 0 bridgehead atoms. The predicted octanol–water partition coefficient (Wildman–Crippen LogP) is 3.36. The minimum absolute atomic E-state index is 0.609. The van der Waals surface area contributed by atoms with Crippen molar-refractivity contribution in [2.45, 2.75) is 33.6 Å². The summed E-state index contributed by atoms with van der Waals surface area (Å²) in [4.78, 5) is 2.46. The van der Waals surface area contributed by atoms with Gasteiger partial charge in [-0.15, -0.1) is 0 Å². The molecule has 1 unspecified atom stereocenters. The summed E-state index contributed by atoms with van der Waals surface area (Å²) >= 11 is 0. The van der Waals surface area contributed by atoms with Gasteiger partial charge in [-0.3, -0.25) is 0 Å². The SMILES string of the molecule is CCN(CC)CCNCC(c1ccccc1)C(C)C. The Hall–Kier alpha value is -0.860. The maximum atomic E-state index is 3.62. The lowest BCUT2D eigenvalue weighted by Gasteiger charge is -2.23. The zero-order valence-electron chi connectivity index (χ0n) is 13.0. The maximum absolute atomic E-state index is 3.62. The smallest absolute Gasteiger partial charge is 0.0107 e. The van der Waals surface area contributed by atoms with Gasteiger partial charge in [0, 0.05) is 19.6 Å². The third-order valence-corrected chi connectivity index (χ3v) is 3.90. The summed E-state index contributed by atoms with van der Waals surface area (Å²) in [6.45, 7) is 14.7. The minimum atomic E-state index is 0.609. The van der Waals surface area contributed by atoms with E-state index in [-0.39, 0.29) is 0 Å². The van der Waals surface area contributed by atoms with Crippen molar-refractivity contribution in [3.63, 3.8) is 0 Å². The largest absolute Gasteiger partial charge is 0.315 e. The van der Waals surface area contributed by atoms with Crippen molar-refractivity contribution >= 4 is 0 Å². The minimum Gasteiger partial charge on any atom is -0.315 e. The Morgan fingerprint density at radius 3 is 2.21 bits per heavy atom. The van der Waals surface area contributed by atoms with Crippen molar-refractivity contribution in [3.05, 3.63) is 35.9 Å².